The molecule has 108 valence electrons. The first kappa shape index (κ1) is 16.0. The molecule has 0 radical (unpaired) electrons. The molecule has 1 aliphatic rings. The third-order valence-electron chi connectivity index (χ3n) is 4.28. The molecule has 0 aromatic carbocycles. The molecule has 0 aliphatic heterocycles. The second-order valence-electron chi connectivity index (χ2n) is 7.96. The molecule has 2 atom stereocenters. The van der Waals surface area contributed by atoms with Crippen LogP contribution in [-0.2, 0) is 0 Å². The van der Waals surface area contributed by atoms with E-state index in [0.29, 0.717) is 5.41 Å². The Kier molecular flexibility index (Phi) is 6.70. The first-order valence-corrected chi connectivity index (χ1v) is 8.09. The van der Waals surface area contributed by atoms with Gasteiger partial charge in [-0.05, 0) is 49.1 Å². The predicted octanol–water partition coefficient (Wildman–Crippen LogP) is 4.86. The molecule has 0 bridgehead atoms. The Morgan fingerprint density at radius 1 is 1.11 bits per heavy atom. The van der Waals surface area contributed by atoms with Crippen LogP contribution in [0, 0.1) is 23.2 Å². The highest BCUT2D eigenvalue weighted by molar-refractivity contribution is 4.79. The minimum Gasteiger partial charge on any atom is -0.316 e. The molecule has 1 N–H and O–H groups in total. The van der Waals surface area contributed by atoms with E-state index in [1.165, 1.54) is 51.6 Å². The number of rotatable bonds is 7. The fourth-order valence-corrected chi connectivity index (χ4v) is 3.21. The van der Waals surface area contributed by atoms with Crippen LogP contribution in [0.2, 0.25) is 0 Å². The maximum absolute atomic E-state index is 3.66. The van der Waals surface area contributed by atoms with Crippen molar-refractivity contribution in [1.29, 1.82) is 0 Å². The van der Waals surface area contributed by atoms with Gasteiger partial charge in [0.05, 0.1) is 0 Å². The molecule has 18 heavy (non-hydrogen) atoms. The molecule has 0 amide bonds. The van der Waals surface area contributed by atoms with E-state index in [1.54, 1.807) is 0 Å². The number of nitrogens with one attached hydrogen (secondary N) is 1. The van der Waals surface area contributed by atoms with Gasteiger partial charge in [-0.25, -0.2) is 0 Å². The van der Waals surface area contributed by atoms with Crippen LogP contribution in [0.1, 0.15) is 73.1 Å². The van der Waals surface area contributed by atoms with Crippen molar-refractivity contribution in [2.45, 2.75) is 73.1 Å². The van der Waals surface area contributed by atoms with Crippen LogP contribution in [-0.4, -0.2) is 13.1 Å². The highest BCUT2D eigenvalue weighted by Crippen LogP contribution is 2.36. The molecular formula is C17H35N. The molecule has 1 heteroatoms. The van der Waals surface area contributed by atoms with E-state index < -0.39 is 0 Å². The second kappa shape index (κ2) is 7.53. The van der Waals surface area contributed by atoms with Crippen molar-refractivity contribution in [3.05, 3.63) is 0 Å². The summed E-state index contributed by atoms with van der Waals surface area (Å²) in [5.41, 5.74) is 0.518. The zero-order valence-corrected chi connectivity index (χ0v) is 13.4. The van der Waals surface area contributed by atoms with Gasteiger partial charge in [0.1, 0.15) is 0 Å². The topological polar surface area (TPSA) is 12.0 Å². The van der Waals surface area contributed by atoms with Gasteiger partial charge in [-0.15, -0.1) is 0 Å². The Morgan fingerprint density at radius 2 is 1.78 bits per heavy atom. The van der Waals surface area contributed by atoms with Crippen molar-refractivity contribution < 1.29 is 0 Å². The predicted molar refractivity (Wildman–Crippen MR) is 81.8 cm³/mol. The standard InChI is InChI=1S/C17H35N/c1-14(2)12-18-13-16-9-6-8-15(16)10-7-11-17(3,4)5/h14-16,18H,6-13H2,1-5H3. The summed E-state index contributed by atoms with van der Waals surface area (Å²) in [5.74, 6) is 2.75. The summed E-state index contributed by atoms with van der Waals surface area (Å²) in [7, 11) is 0. The summed E-state index contributed by atoms with van der Waals surface area (Å²) in [6.45, 7) is 14.1. The molecule has 0 aromatic rings. The SMILES string of the molecule is CC(C)CNCC1CCCC1CCCC(C)(C)C. The van der Waals surface area contributed by atoms with Crippen molar-refractivity contribution in [1.82, 2.24) is 5.32 Å². The van der Waals surface area contributed by atoms with E-state index in [4.69, 9.17) is 0 Å². The maximum atomic E-state index is 3.66. The molecule has 1 fully saturated rings. The van der Waals surface area contributed by atoms with Gasteiger partial charge in [0.25, 0.3) is 0 Å². The minimum absolute atomic E-state index is 0.518. The number of hydrogen-bond donors (Lipinski definition) is 1. The van der Waals surface area contributed by atoms with Crippen LogP contribution >= 0.6 is 0 Å². The van der Waals surface area contributed by atoms with Gasteiger partial charge in [-0.2, -0.15) is 0 Å². The normalized spacial score (nSPS) is 25.0. The maximum Gasteiger partial charge on any atom is -0.00178 e. The number of hydrogen-bond acceptors (Lipinski definition) is 1. The molecule has 1 saturated carbocycles. The van der Waals surface area contributed by atoms with Crippen LogP contribution in [0.5, 0.6) is 0 Å². The van der Waals surface area contributed by atoms with E-state index in [0.717, 1.165) is 17.8 Å². The first-order chi connectivity index (χ1) is 8.38. The van der Waals surface area contributed by atoms with Gasteiger partial charge >= 0.3 is 0 Å². The van der Waals surface area contributed by atoms with Crippen molar-refractivity contribution in [2.24, 2.45) is 23.2 Å². The van der Waals surface area contributed by atoms with E-state index in [2.05, 4.69) is 39.9 Å². The van der Waals surface area contributed by atoms with Crippen molar-refractivity contribution in [2.75, 3.05) is 13.1 Å². The average molecular weight is 253 g/mol. The summed E-state index contributed by atoms with van der Waals surface area (Å²) in [6.07, 6.45) is 8.69. The summed E-state index contributed by atoms with van der Waals surface area (Å²) >= 11 is 0. The van der Waals surface area contributed by atoms with Crippen LogP contribution in [0.25, 0.3) is 0 Å². The lowest BCUT2D eigenvalue weighted by Gasteiger charge is -2.23. The third-order valence-corrected chi connectivity index (χ3v) is 4.28. The van der Waals surface area contributed by atoms with E-state index >= 15 is 0 Å². The Bertz CT molecular complexity index is 214. The highest BCUT2D eigenvalue weighted by Gasteiger charge is 2.26. The molecule has 1 nitrogen and oxygen atoms in total. The third kappa shape index (κ3) is 6.78. The van der Waals surface area contributed by atoms with Crippen LogP contribution < -0.4 is 5.32 Å². The zero-order chi connectivity index (χ0) is 13.6. The first-order valence-electron chi connectivity index (χ1n) is 8.09. The quantitative estimate of drug-likeness (QED) is 0.683. The Morgan fingerprint density at radius 3 is 2.39 bits per heavy atom. The van der Waals surface area contributed by atoms with E-state index in [-0.39, 0.29) is 0 Å². The Labute approximate surface area is 115 Å². The smallest absolute Gasteiger partial charge is 0.00178 e. The fraction of sp³-hybridized carbons (Fsp3) is 1.00. The van der Waals surface area contributed by atoms with Crippen LogP contribution in [0.4, 0.5) is 0 Å². The lowest BCUT2D eigenvalue weighted by Crippen LogP contribution is -2.28. The van der Waals surface area contributed by atoms with E-state index in [9.17, 15) is 0 Å². The molecular weight excluding hydrogens is 218 g/mol. The largest absolute Gasteiger partial charge is 0.316 e. The van der Waals surface area contributed by atoms with Crippen molar-refractivity contribution in [3.63, 3.8) is 0 Å². The molecule has 0 spiro atoms. The summed E-state index contributed by atoms with van der Waals surface area (Å²) < 4.78 is 0. The molecule has 2 unspecified atom stereocenters. The summed E-state index contributed by atoms with van der Waals surface area (Å²) in [5, 5.41) is 3.66. The second-order valence-corrected chi connectivity index (χ2v) is 7.96. The fourth-order valence-electron chi connectivity index (χ4n) is 3.21. The zero-order valence-electron chi connectivity index (χ0n) is 13.4. The molecule has 1 rings (SSSR count). The van der Waals surface area contributed by atoms with Gasteiger partial charge < -0.3 is 5.32 Å². The van der Waals surface area contributed by atoms with Crippen molar-refractivity contribution in [3.8, 4) is 0 Å². The monoisotopic (exact) mass is 253 g/mol. The van der Waals surface area contributed by atoms with E-state index in [1.807, 2.05) is 0 Å². The van der Waals surface area contributed by atoms with Gasteiger partial charge in [-0.3, -0.25) is 0 Å². The summed E-state index contributed by atoms with van der Waals surface area (Å²) in [4.78, 5) is 0. The lowest BCUT2D eigenvalue weighted by atomic mass is 9.85. The van der Waals surface area contributed by atoms with Crippen LogP contribution in [0.3, 0.4) is 0 Å². The molecule has 0 aromatic heterocycles. The van der Waals surface area contributed by atoms with Gasteiger partial charge in [-0.1, -0.05) is 60.3 Å². The minimum atomic E-state index is 0.518. The molecule has 0 saturated heterocycles. The summed E-state index contributed by atoms with van der Waals surface area (Å²) in [6, 6.07) is 0. The van der Waals surface area contributed by atoms with Crippen molar-refractivity contribution >= 4 is 0 Å². The van der Waals surface area contributed by atoms with Gasteiger partial charge in [0, 0.05) is 0 Å². The Balaban J connectivity index is 2.19. The highest BCUT2D eigenvalue weighted by atomic mass is 14.9. The van der Waals surface area contributed by atoms with Gasteiger partial charge in [0.15, 0.2) is 0 Å². The molecule has 0 heterocycles. The van der Waals surface area contributed by atoms with Gasteiger partial charge in [0.2, 0.25) is 0 Å². The molecule has 1 aliphatic carbocycles. The van der Waals surface area contributed by atoms with Crippen LogP contribution in [0.15, 0.2) is 0 Å². The lowest BCUT2D eigenvalue weighted by molar-refractivity contribution is 0.297. The Hall–Kier alpha value is -0.0400. The average Bonchev–Trinajstić information content (AvgIpc) is 2.63.